The molecule has 3 aromatic rings. The van der Waals surface area contributed by atoms with Crippen LogP contribution in [0.15, 0.2) is 54.6 Å². The number of ether oxygens (including phenoxy) is 1. The summed E-state index contributed by atoms with van der Waals surface area (Å²) in [5.74, 6) is 3.57. The largest absolute Gasteiger partial charge is 0.508 e. The van der Waals surface area contributed by atoms with Gasteiger partial charge in [-0.15, -0.1) is 0 Å². The first kappa shape index (κ1) is 24.4. The molecule has 0 spiro atoms. The highest BCUT2D eigenvalue weighted by atomic mass is 19.4. The molecule has 0 aliphatic rings. The lowest BCUT2D eigenvalue weighted by Gasteiger charge is -2.11. The Morgan fingerprint density at radius 2 is 1.68 bits per heavy atom. The van der Waals surface area contributed by atoms with Gasteiger partial charge in [-0.2, -0.15) is 13.2 Å². The molecule has 8 heteroatoms. The van der Waals surface area contributed by atoms with Crippen LogP contribution in [0.2, 0.25) is 0 Å². The summed E-state index contributed by atoms with van der Waals surface area (Å²) in [6.07, 6.45) is -4.71. The van der Waals surface area contributed by atoms with Crippen LogP contribution in [0.5, 0.6) is 5.75 Å². The molecule has 3 rings (SSSR count). The van der Waals surface area contributed by atoms with Crippen molar-refractivity contribution in [3.8, 4) is 28.7 Å². The zero-order valence-corrected chi connectivity index (χ0v) is 18.3. The van der Waals surface area contributed by atoms with Gasteiger partial charge < -0.3 is 15.6 Å². The summed E-state index contributed by atoms with van der Waals surface area (Å²) in [5.41, 5.74) is 6.52. The highest BCUT2D eigenvalue weighted by molar-refractivity contribution is 5.95. The van der Waals surface area contributed by atoms with Crippen LogP contribution in [0, 0.1) is 18.8 Å². The van der Waals surface area contributed by atoms with Crippen LogP contribution in [0.4, 0.5) is 13.2 Å². The third kappa shape index (κ3) is 5.38. The molecule has 1 amide bonds. The van der Waals surface area contributed by atoms with E-state index in [1.165, 1.54) is 24.3 Å². The Kier molecular flexibility index (Phi) is 6.97. The molecule has 0 saturated heterocycles. The van der Waals surface area contributed by atoms with Crippen molar-refractivity contribution in [2.24, 2.45) is 5.73 Å². The number of nitrogens with two attached hydrogens (primary N) is 1. The predicted octanol–water partition coefficient (Wildman–Crippen LogP) is 5.06. The molecule has 0 radical (unpaired) electrons. The Morgan fingerprint density at radius 3 is 2.29 bits per heavy atom. The number of phenolic OH excluding ortho intramolecular Hbond substituents is 1. The maximum absolute atomic E-state index is 13.4. The van der Waals surface area contributed by atoms with E-state index in [0.29, 0.717) is 33.9 Å². The first-order valence-electron chi connectivity index (χ1n) is 10.2. The normalized spacial score (nSPS) is 10.9. The monoisotopic (exact) mass is 467 g/mol. The van der Waals surface area contributed by atoms with Gasteiger partial charge in [0, 0.05) is 16.7 Å². The molecular weight excluding hydrogens is 447 g/mol. The van der Waals surface area contributed by atoms with E-state index in [1.54, 1.807) is 26.0 Å². The SMILES string of the molecule is CCOC(=O)c1ccc(C#Cc2ccc(O)cc2C(F)(F)F)c(-c2ccc(C(N)=O)c(C)c2)c1. The van der Waals surface area contributed by atoms with Crippen molar-refractivity contribution in [2.45, 2.75) is 20.0 Å². The molecule has 0 fully saturated rings. The molecule has 3 N–H and O–H groups in total. The highest BCUT2D eigenvalue weighted by Gasteiger charge is 2.33. The first-order chi connectivity index (χ1) is 16.0. The maximum Gasteiger partial charge on any atom is 0.417 e. The summed E-state index contributed by atoms with van der Waals surface area (Å²) in [6.45, 7) is 3.53. The van der Waals surface area contributed by atoms with E-state index in [0.717, 1.165) is 12.1 Å². The number of carbonyl (C=O) groups is 2. The quantitative estimate of drug-likeness (QED) is 0.415. The number of phenols is 1. The molecular formula is C26H20F3NO4. The Labute approximate surface area is 194 Å². The van der Waals surface area contributed by atoms with E-state index in [4.69, 9.17) is 10.5 Å². The van der Waals surface area contributed by atoms with Crippen molar-refractivity contribution in [1.29, 1.82) is 0 Å². The zero-order valence-electron chi connectivity index (χ0n) is 18.3. The summed E-state index contributed by atoms with van der Waals surface area (Å²) < 4.78 is 45.2. The topological polar surface area (TPSA) is 89.6 Å². The van der Waals surface area contributed by atoms with Crippen LogP contribution >= 0.6 is 0 Å². The summed E-state index contributed by atoms with van der Waals surface area (Å²) in [4.78, 5) is 23.8. The number of amides is 1. The number of rotatable bonds is 4. The number of hydrogen-bond acceptors (Lipinski definition) is 4. The molecule has 5 nitrogen and oxygen atoms in total. The third-order valence-electron chi connectivity index (χ3n) is 4.97. The second-order valence-electron chi connectivity index (χ2n) is 7.35. The summed E-state index contributed by atoms with van der Waals surface area (Å²) in [5, 5.41) is 9.47. The Morgan fingerprint density at radius 1 is 1.00 bits per heavy atom. The molecule has 34 heavy (non-hydrogen) atoms. The molecule has 0 aromatic heterocycles. The van der Waals surface area contributed by atoms with Crippen LogP contribution in [0.3, 0.4) is 0 Å². The zero-order chi connectivity index (χ0) is 25.0. The lowest BCUT2D eigenvalue weighted by Crippen LogP contribution is -2.12. The average Bonchev–Trinajstić information content (AvgIpc) is 2.77. The summed E-state index contributed by atoms with van der Waals surface area (Å²) in [7, 11) is 0. The van der Waals surface area contributed by atoms with Gasteiger partial charge in [0.15, 0.2) is 0 Å². The second-order valence-corrected chi connectivity index (χ2v) is 7.35. The number of hydrogen-bond donors (Lipinski definition) is 2. The van der Waals surface area contributed by atoms with Gasteiger partial charge in [-0.25, -0.2) is 4.79 Å². The minimum absolute atomic E-state index is 0.170. The molecule has 0 heterocycles. The van der Waals surface area contributed by atoms with Gasteiger partial charge in [-0.3, -0.25) is 4.79 Å². The first-order valence-corrected chi connectivity index (χ1v) is 10.2. The van der Waals surface area contributed by atoms with Crippen molar-refractivity contribution in [1.82, 2.24) is 0 Å². The number of carbonyl (C=O) groups excluding carboxylic acids is 2. The Balaban J connectivity index is 2.18. The molecule has 0 bridgehead atoms. The Bertz CT molecular complexity index is 1330. The van der Waals surface area contributed by atoms with Crippen LogP contribution in [0.1, 0.15) is 49.9 Å². The third-order valence-corrected chi connectivity index (χ3v) is 4.97. The fraction of sp³-hybridized carbons (Fsp3) is 0.154. The number of primary amides is 1. The van der Waals surface area contributed by atoms with Gasteiger partial charge in [-0.05, 0) is 73.0 Å². The Hall–Kier alpha value is -4.25. The molecule has 0 aliphatic carbocycles. The van der Waals surface area contributed by atoms with Crippen LogP contribution in [-0.4, -0.2) is 23.6 Å². The smallest absolute Gasteiger partial charge is 0.417 e. The number of aryl methyl sites for hydroxylation is 1. The number of alkyl halides is 3. The van der Waals surface area contributed by atoms with E-state index >= 15 is 0 Å². The van der Waals surface area contributed by atoms with Crippen LogP contribution < -0.4 is 5.73 Å². The van der Waals surface area contributed by atoms with E-state index in [2.05, 4.69) is 11.8 Å². The van der Waals surface area contributed by atoms with Crippen molar-refractivity contribution in [3.63, 3.8) is 0 Å². The van der Waals surface area contributed by atoms with E-state index < -0.39 is 29.4 Å². The number of aromatic hydroxyl groups is 1. The van der Waals surface area contributed by atoms with E-state index in [1.807, 2.05) is 0 Å². The van der Waals surface area contributed by atoms with E-state index in [-0.39, 0.29) is 17.7 Å². The summed E-state index contributed by atoms with van der Waals surface area (Å²) in [6, 6.07) is 12.2. The fourth-order valence-corrected chi connectivity index (χ4v) is 3.35. The number of halogens is 3. The minimum atomic E-state index is -4.71. The van der Waals surface area contributed by atoms with Gasteiger partial charge >= 0.3 is 12.1 Å². The lowest BCUT2D eigenvalue weighted by atomic mass is 9.94. The molecule has 0 atom stereocenters. The maximum atomic E-state index is 13.4. The standard InChI is InChI=1S/C26H20F3NO4/c1-3-34-25(33)19-7-5-16(4-6-17-8-10-20(31)14-23(17)26(27,28)29)22(13-19)18-9-11-21(24(30)32)15(2)12-18/h5,7-14,31H,3H2,1-2H3,(H2,30,32). The van der Waals surface area contributed by atoms with Crippen molar-refractivity contribution in [2.75, 3.05) is 6.61 Å². The number of esters is 1. The lowest BCUT2D eigenvalue weighted by molar-refractivity contribution is -0.137. The van der Waals surface area contributed by atoms with E-state index in [9.17, 15) is 27.9 Å². The molecule has 0 unspecified atom stereocenters. The van der Waals surface area contributed by atoms with Gasteiger partial charge in [0.1, 0.15) is 5.75 Å². The number of benzene rings is 3. The van der Waals surface area contributed by atoms with Crippen LogP contribution in [0.25, 0.3) is 11.1 Å². The van der Waals surface area contributed by atoms with Gasteiger partial charge in [0.25, 0.3) is 0 Å². The predicted molar refractivity (Wildman–Crippen MR) is 120 cm³/mol. The summed E-state index contributed by atoms with van der Waals surface area (Å²) >= 11 is 0. The molecule has 0 aliphatic heterocycles. The van der Waals surface area contributed by atoms with Gasteiger partial charge in [0.05, 0.1) is 17.7 Å². The molecule has 3 aromatic carbocycles. The highest BCUT2D eigenvalue weighted by Crippen LogP contribution is 2.34. The molecule has 0 saturated carbocycles. The average molecular weight is 467 g/mol. The fourth-order valence-electron chi connectivity index (χ4n) is 3.35. The van der Waals surface area contributed by atoms with Crippen molar-refractivity contribution in [3.05, 3.63) is 88.0 Å². The van der Waals surface area contributed by atoms with Crippen LogP contribution in [-0.2, 0) is 10.9 Å². The minimum Gasteiger partial charge on any atom is -0.508 e. The van der Waals surface area contributed by atoms with Crippen molar-refractivity contribution >= 4 is 11.9 Å². The van der Waals surface area contributed by atoms with Crippen molar-refractivity contribution < 1.29 is 32.6 Å². The van der Waals surface area contributed by atoms with Gasteiger partial charge in [-0.1, -0.05) is 24.0 Å². The van der Waals surface area contributed by atoms with Gasteiger partial charge in [0.2, 0.25) is 5.91 Å². The second kappa shape index (κ2) is 9.71. The molecule has 174 valence electrons.